The van der Waals surface area contributed by atoms with E-state index in [-0.39, 0.29) is 0 Å². The summed E-state index contributed by atoms with van der Waals surface area (Å²) >= 11 is 0. The zero-order valence-corrected chi connectivity index (χ0v) is 10.8. The van der Waals surface area contributed by atoms with Gasteiger partial charge in [-0.2, -0.15) is 0 Å². The summed E-state index contributed by atoms with van der Waals surface area (Å²) in [5, 5.41) is 12.0. The van der Waals surface area contributed by atoms with Crippen molar-refractivity contribution in [3.8, 4) is 0 Å². The third-order valence-corrected chi connectivity index (χ3v) is 2.42. The van der Waals surface area contributed by atoms with E-state index in [2.05, 4.69) is 15.5 Å². The first-order valence-electron chi connectivity index (χ1n) is 5.62. The molecule has 0 saturated heterocycles. The normalized spacial score (nSPS) is 12.0. The average Bonchev–Trinajstić information content (AvgIpc) is 2.88. The molecule has 98 valence electrons. The van der Waals surface area contributed by atoms with Crippen molar-refractivity contribution in [3.63, 3.8) is 0 Å². The molecule has 0 aromatic carbocycles. The Morgan fingerprint density at radius 2 is 2.28 bits per heavy atom. The quantitative estimate of drug-likeness (QED) is 0.839. The number of hydrogen-bond acceptors (Lipinski definition) is 6. The molecule has 7 heteroatoms. The van der Waals surface area contributed by atoms with Crippen LogP contribution in [-0.4, -0.2) is 27.3 Å². The van der Waals surface area contributed by atoms with Crippen molar-refractivity contribution in [2.45, 2.75) is 32.5 Å². The highest BCUT2D eigenvalue weighted by Gasteiger charge is 2.18. The molecule has 2 aromatic rings. The highest BCUT2D eigenvalue weighted by atomic mass is 16.5. The van der Waals surface area contributed by atoms with Gasteiger partial charge in [-0.3, -0.25) is 0 Å². The van der Waals surface area contributed by atoms with Crippen LogP contribution in [0.3, 0.4) is 0 Å². The van der Waals surface area contributed by atoms with Crippen LogP contribution >= 0.6 is 0 Å². The van der Waals surface area contributed by atoms with Crippen LogP contribution in [0.25, 0.3) is 0 Å². The molecule has 0 fully saturated rings. The minimum Gasteiger partial charge on any atom is -0.377 e. The Labute approximate surface area is 105 Å². The van der Waals surface area contributed by atoms with Crippen molar-refractivity contribution in [2.75, 3.05) is 7.11 Å². The Kier molecular flexibility index (Phi) is 3.44. The predicted octanol–water partition coefficient (Wildman–Crippen LogP) is 0.655. The minimum absolute atomic E-state index is 0.408. The molecule has 0 saturated carbocycles. The molecule has 2 aromatic heterocycles. The topological polar surface area (TPSA) is 92.0 Å². The molecular formula is C11H17N5O2. The zero-order valence-electron chi connectivity index (χ0n) is 10.8. The number of aromatic nitrogens is 4. The lowest BCUT2D eigenvalue weighted by Crippen LogP contribution is -2.29. The molecule has 0 aliphatic carbocycles. The Morgan fingerprint density at radius 3 is 2.89 bits per heavy atom. The maximum absolute atomic E-state index is 5.94. The summed E-state index contributed by atoms with van der Waals surface area (Å²) in [5.41, 5.74) is 6.95. The smallest absolute Gasteiger partial charge is 0.162 e. The van der Waals surface area contributed by atoms with Gasteiger partial charge in [-0.25, -0.2) is 4.68 Å². The summed E-state index contributed by atoms with van der Waals surface area (Å²) in [4.78, 5) is 0. The van der Waals surface area contributed by atoms with Gasteiger partial charge in [0.25, 0.3) is 0 Å². The molecular weight excluding hydrogens is 234 g/mol. The fourth-order valence-corrected chi connectivity index (χ4v) is 1.48. The third kappa shape index (κ3) is 2.93. The molecule has 18 heavy (non-hydrogen) atoms. The Balaban J connectivity index is 2.06. The number of ether oxygens (including phenoxy) is 1. The third-order valence-electron chi connectivity index (χ3n) is 2.42. The lowest BCUT2D eigenvalue weighted by molar-refractivity contribution is 0.155. The first-order chi connectivity index (χ1) is 8.49. The first kappa shape index (κ1) is 12.7. The lowest BCUT2D eigenvalue weighted by Gasteiger charge is -2.13. The van der Waals surface area contributed by atoms with Crippen molar-refractivity contribution in [2.24, 2.45) is 5.73 Å². The van der Waals surface area contributed by atoms with Crippen molar-refractivity contribution in [3.05, 3.63) is 29.4 Å². The van der Waals surface area contributed by atoms with Gasteiger partial charge in [0.05, 0.1) is 18.3 Å². The molecule has 0 radical (unpaired) electrons. The van der Waals surface area contributed by atoms with E-state index in [1.165, 1.54) is 0 Å². The number of nitrogens with two attached hydrogens (primary N) is 1. The van der Waals surface area contributed by atoms with E-state index in [0.29, 0.717) is 18.9 Å². The summed E-state index contributed by atoms with van der Waals surface area (Å²) in [6.45, 7) is 4.67. The summed E-state index contributed by atoms with van der Waals surface area (Å²) in [6.07, 6.45) is 1.81. The molecule has 0 bridgehead atoms. The van der Waals surface area contributed by atoms with Gasteiger partial charge < -0.3 is 15.0 Å². The number of methoxy groups -OCH3 is 1. The molecule has 2 N–H and O–H groups in total. The maximum atomic E-state index is 5.94. The first-order valence-corrected chi connectivity index (χ1v) is 5.62. The van der Waals surface area contributed by atoms with Crippen LogP contribution in [0.1, 0.15) is 31.0 Å². The molecule has 7 nitrogen and oxygen atoms in total. The number of nitrogens with zero attached hydrogens (tertiary/aromatic N) is 4. The second kappa shape index (κ2) is 4.87. The lowest BCUT2D eigenvalue weighted by atomic mass is 10.0. The second-order valence-corrected chi connectivity index (χ2v) is 4.74. The molecule has 0 spiro atoms. The highest BCUT2D eigenvalue weighted by molar-refractivity contribution is 5.08. The molecule has 0 amide bonds. The molecule has 0 unspecified atom stereocenters. The molecule has 2 heterocycles. The van der Waals surface area contributed by atoms with Gasteiger partial charge in [0.15, 0.2) is 5.76 Å². The van der Waals surface area contributed by atoms with Gasteiger partial charge in [-0.15, -0.1) is 5.10 Å². The minimum atomic E-state index is -0.497. The maximum Gasteiger partial charge on any atom is 0.162 e. The van der Waals surface area contributed by atoms with Crippen molar-refractivity contribution in [1.82, 2.24) is 20.2 Å². The SMILES string of the molecule is COCc1cc(Cn2cc(C(C)(C)N)nn2)no1. The van der Waals surface area contributed by atoms with Crippen LogP contribution in [0.5, 0.6) is 0 Å². The van der Waals surface area contributed by atoms with Crippen molar-refractivity contribution >= 4 is 0 Å². The predicted molar refractivity (Wildman–Crippen MR) is 63.6 cm³/mol. The fraction of sp³-hybridized carbons (Fsp3) is 0.545. The van der Waals surface area contributed by atoms with Gasteiger partial charge in [0.2, 0.25) is 0 Å². The van der Waals surface area contributed by atoms with E-state index >= 15 is 0 Å². The monoisotopic (exact) mass is 251 g/mol. The summed E-state index contributed by atoms with van der Waals surface area (Å²) in [7, 11) is 1.61. The van der Waals surface area contributed by atoms with Crippen molar-refractivity contribution in [1.29, 1.82) is 0 Å². The molecule has 0 aliphatic heterocycles. The molecule has 2 rings (SSSR count). The summed E-state index contributed by atoms with van der Waals surface area (Å²) in [5.74, 6) is 0.687. The van der Waals surface area contributed by atoms with Crippen LogP contribution in [0, 0.1) is 0 Å². The number of rotatable bonds is 5. The zero-order chi connectivity index (χ0) is 13.2. The standard InChI is InChI=1S/C11H17N5O2/c1-11(2,12)10-6-16(15-13-10)5-8-4-9(7-17-3)18-14-8/h4,6H,5,7,12H2,1-3H3. The van der Waals surface area contributed by atoms with Gasteiger partial charge >= 0.3 is 0 Å². The average molecular weight is 251 g/mol. The van der Waals surface area contributed by atoms with Crippen molar-refractivity contribution < 1.29 is 9.26 Å². The van der Waals surface area contributed by atoms with Crippen LogP contribution < -0.4 is 5.73 Å². The van der Waals surface area contributed by atoms with E-state index in [0.717, 1.165) is 11.4 Å². The van der Waals surface area contributed by atoms with Crippen LogP contribution in [0.15, 0.2) is 16.8 Å². The van der Waals surface area contributed by atoms with Gasteiger partial charge in [-0.05, 0) is 13.8 Å². The number of hydrogen-bond donors (Lipinski definition) is 1. The second-order valence-electron chi connectivity index (χ2n) is 4.74. The Morgan fingerprint density at radius 1 is 1.50 bits per heavy atom. The Bertz CT molecular complexity index is 511. The van der Waals surface area contributed by atoms with Crippen LogP contribution in [-0.2, 0) is 23.4 Å². The van der Waals surface area contributed by atoms with E-state index in [9.17, 15) is 0 Å². The van der Waals surface area contributed by atoms with E-state index in [4.69, 9.17) is 15.0 Å². The van der Waals surface area contributed by atoms with Gasteiger partial charge in [-0.1, -0.05) is 10.4 Å². The van der Waals surface area contributed by atoms with E-state index in [1.807, 2.05) is 26.1 Å². The highest BCUT2D eigenvalue weighted by Crippen LogP contribution is 2.13. The van der Waals surface area contributed by atoms with Gasteiger partial charge in [0, 0.05) is 13.2 Å². The largest absolute Gasteiger partial charge is 0.377 e. The van der Waals surface area contributed by atoms with Gasteiger partial charge in [0.1, 0.15) is 18.0 Å². The molecule has 0 atom stereocenters. The Hall–Kier alpha value is -1.73. The van der Waals surface area contributed by atoms with Crippen LogP contribution in [0.4, 0.5) is 0 Å². The fourth-order valence-electron chi connectivity index (χ4n) is 1.48. The van der Waals surface area contributed by atoms with E-state index in [1.54, 1.807) is 11.8 Å². The van der Waals surface area contributed by atoms with Crippen LogP contribution in [0.2, 0.25) is 0 Å². The molecule has 0 aliphatic rings. The summed E-state index contributed by atoms with van der Waals surface area (Å²) in [6, 6.07) is 1.83. The van der Waals surface area contributed by atoms with E-state index < -0.39 is 5.54 Å². The summed E-state index contributed by atoms with van der Waals surface area (Å²) < 4.78 is 11.7.